The van der Waals surface area contributed by atoms with Crippen LogP contribution in [-0.2, 0) is 0 Å². The van der Waals surface area contributed by atoms with Gasteiger partial charge in [-0.15, -0.1) is 0 Å². The number of rotatable bonds is 0. The van der Waals surface area contributed by atoms with E-state index < -0.39 is 0 Å². The number of aromatic nitrogens is 3. The summed E-state index contributed by atoms with van der Waals surface area (Å²) in [4.78, 5) is 8.68. The van der Waals surface area contributed by atoms with Crippen LogP contribution in [0.25, 0.3) is 16.6 Å². The SMILES string of the molecule is Cc1cn2c(Cl)nc3cc(C#N)ccc3c2n1. The molecule has 0 saturated heterocycles. The lowest BCUT2D eigenvalue weighted by atomic mass is 10.1. The number of imidazole rings is 1. The van der Waals surface area contributed by atoms with Crippen molar-refractivity contribution < 1.29 is 0 Å². The quantitative estimate of drug-likeness (QED) is 0.570. The van der Waals surface area contributed by atoms with E-state index in [0.717, 1.165) is 16.7 Å². The summed E-state index contributed by atoms with van der Waals surface area (Å²) in [6, 6.07) is 7.39. The number of fused-ring (bicyclic) bond motifs is 3. The fourth-order valence-electron chi connectivity index (χ4n) is 1.86. The van der Waals surface area contributed by atoms with Crippen molar-refractivity contribution in [3.63, 3.8) is 0 Å². The van der Waals surface area contributed by atoms with Crippen molar-refractivity contribution in [1.82, 2.24) is 14.4 Å². The van der Waals surface area contributed by atoms with Crippen LogP contribution in [0.15, 0.2) is 24.4 Å². The van der Waals surface area contributed by atoms with Crippen molar-refractivity contribution in [2.24, 2.45) is 0 Å². The van der Waals surface area contributed by atoms with Gasteiger partial charge < -0.3 is 0 Å². The molecule has 5 heteroatoms. The summed E-state index contributed by atoms with van der Waals surface area (Å²) in [6.07, 6.45) is 1.84. The van der Waals surface area contributed by atoms with Crippen LogP contribution in [0.2, 0.25) is 5.28 Å². The number of halogens is 1. The monoisotopic (exact) mass is 242 g/mol. The van der Waals surface area contributed by atoms with Gasteiger partial charge in [-0.25, -0.2) is 9.97 Å². The molecule has 0 fully saturated rings. The molecule has 2 aromatic heterocycles. The van der Waals surface area contributed by atoms with Gasteiger partial charge in [0.15, 0.2) is 0 Å². The maximum atomic E-state index is 8.85. The summed E-state index contributed by atoms with van der Waals surface area (Å²) in [5.41, 5.74) is 2.90. The van der Waals surface area contributed by atoms with Gasteiger partial charge in [0.25, 0.3) is 0 Å². The number of nitrogens with zero attached hydrogens (tertiary/aromatic N) is 4. The minimum Gasteiger partial charge on any atom is -0.274 e. The summed E-state index contributed by atoms with van der Waals surface area (Å²) < 4.78 is 1.74. The van der Waals surface area contributed by atoms with Crippen LogP contribution in [0.4, 0.5) is 0 Å². The van der Waals surface area contributed by atoms with Crippen molar-refractivity contribution in [3.05, 3.63) is 40.9 Å². The maximum absolute atomic E-state index is 8.85. The summed E-state index contributed by atoms with van der Waals surface area (Å²) in [5, 5.41) is 10.1. The molecule has 0 aliphatic carbocycles. The number of nitriles is 1. The normalized spacial score (nSPS) is 10.9. The fraction of sp³-hybridized carbons (Fsp3) is 0.0833. The zero-order valence-corrected chi connectivity index (χ0v) is 9.73. The Bertz CT molecular complexity index is 782. The fourth-order valence-corrected chi connectivity index (χ4v) is 2.08. The molecule has 0 bridgehead atoms. The Hall–Kier alpha value is -2.12. The number of aryl methyl sites for hydroxylation is 1. The van der Waals surface area contributed by atoms with Gasteiger partial charge in [0, 0.05) is 11.6 Å². The zero-order chi connectivity index (χ0) is 12.0. The molecule has 3 rings (SSSR count). The van der Waals surface area contributed by atoms with Gasteiger partial charge >= 0.3 is 0 Å². The highest BCUT2D eigenvalue weighted by Gasteiger charge is 2.09. The first-order valence-corrected chi connectivity index (χ1v) is 5.42. The molecule has 1 aromatic carbocycles. The first-order chi connectivity index (χ1) is 8.19. The molecule has 0 saturated carbocycles. The van der Waals surface area contributed by atoms with Gasteiger partial charge in [-0.3, -0.25) is 4.40 Å². The Morgan fingerprint density at radius 2 is 2.18 bits per heavy atom. The molecule has 0 spiro atoms. The third-order valence-corrected chi connectivity index (χ3v) is 2.87. The topological polar surface area (TPSA) is 54.0 Å². The van der Waals surface area contributed by atoms with Crippen LogP contribution in [0, 0.1) is 18.3 Å². The molecule has 0 aliphatic heterocycles. The van der Waals surface area contributed by atoms with E-state index in [1.54, 1.807) is 16.5 Å². The molecule has 2 heterocycles. The second kappa shape index (κ2) is 3.44. The van der Waals surface area contributed by atoms with E-state index in [2.05, 4.69) is 16.0 Å². The molecular formula is C12H7ClN4. The third kappa shape index (κ3) is 1.44. The average Bonchev–Trinajstić information content (AvgIpc) is 2.71. The first kappa shape index (κ1) is 10.1. The summed E-state index contributed by atoms with van der Waals surface area (Å²) >= 11 is 6.07. The molecule has 0 unspecified atom stereocenters. The van der Waals surface area contributed by atoms with Crippen LogP contribution in [0.1, 0.15) is 11.3 Å². The van der Waals surface area contributed by atoms with E-state index in [1.165, 1.54) is 0 Å². The van der Waals surface area contributed by atoms with Crippen molar-refractivity contribution in [2.75, 3.05) is 0 Å². The van der Waals surface area contributed by atoms with Crippen LogP contribution in [0.3, 0.4) is 0 Å². The average molecular weight is 243 g/mol. The first-order valence-electron chi connectivity index (χ1n) is 5.04. The van der Waals surface area contributed by atoms with Crippen molar-refractivity contribution in [3.8, 4) is 6.07 Å². The molecule has 0 amide bonds. The van der Waals surface area contributed by atoms with Gasteiger partial charge in [-0.2, -0.15) is 5.26 Å². The van der Waals surface area contributed by atoms with Crippen LogP contribution >= 0.6 is 11.6 Å². The molecule has 4 nitrogen and oxygen atoms in total. The van der Waals surface area contributed by atoms with Crippen molar-refractivity contribution in [2.45, 2.75) is 6.92 Å². The van der Waals surface area contributed by atoms with Crippen molar-refractivity contribution >= 4 is 28.2 Å². The van der Waals surface area contributed by atoms with E-state index in [1.807, 2.05) is 19.2 Å². The van der Waals surface area contributed by atoms with Crippen LogP contribution in [0.5, 0.6) is 0 Å². The lowest BCUT2D eigenvalue weighted by Crippen LogP contribution is -1.92. The highest BCUT2D eigenvalue weighted by atomic mass is 35.5. The highest BCUT2D eigenvalue weighted by Crippen LogP contribution is 2.22. The Morgan fingerprint density at radius 3 is 2.94 bits per heavy atom. The smallest absolute Gasteiger partial charge is 0.209 e. The molecule has 0 N–H and O–H groups in total. The zero-order valence-electron chi connectivity index (χ0n) is 8.98. The molecular weight excluding hydrogens is 236 g/mol. The van der Waals surface area contributed by atoms with Gasteiger partial charge in [0.1, 0.15) is 5.65 Å². The molecule has 17 heavy (non-hydrogen) atoms. The second-order valence-corrected chi connectivity index (χ2v) is 4.14. The van der Waals surface area contributed by atoms with E-state index in [4.69, 9.17) is 16.9 Å². The summed E-state index contributed by atoms with van der Waals surface area (Å²) in [7, 11) is 0. The Labute approximate surface area is 102 Å². The summed E-state index contributed by atoms with van der Waals surface area (Å²) in [5.74, 6) is 0. The molecule has 0 atom stereocenters. The van der Waals surface area contributed by atoms with E-state index >= 15 is 0 Å². The third-order valence-electron chi connectivity index (χ3n) is 2.61. The van der Waals surface area contributed by atoms with Gasteiger partial charge in [-0.1, -0.05) is 0 Å². The number of hydrogen-bond donors (Lipinski definition) is 0. The maximum Gasteiger partial charge on any atom is 0.209 e. The van der Waals surface area contributed by atoms with Gasteiger partial charge in [0.05, 0.1) is 22.8 Å². The minimum absolute atomic E-state index is 0.350. The molecule has 0 radical (unpaired) electrons. The predicted molar refractivity (Wildman–Crippen MR) is 65.0 cm³/mol. The standard InChI is InChI=1S/C12H7ClN4/c1-7-6-17-11(15-7)9-3-2-8(5-14)4-10(9)16-12(17)13/h2-4,6H,1H3. The Kier molecular flexibility index (Phi) is 2.03. The van der Waals surface area contributed by atoms with Crippen LogP contribution < -0.4 is 0 Å². The van der Waals surface area contributed by atoms with Gasteiger partial charge in [-0.05, 0) is 36.7 Å². The Balaban J connectivity index is 2.52. The minimum atomic E-state index is 0.350. The van der Waals surface area contributed by atoms with Gasteiger partial charge in [0.2, 0.25) is 5.28 Å². The number of hydrogen-bond acceptors (Lipinski definition) is 3. The number of benzene rings is 1. The molecule has 82 valence electrons. The molecule has 0 aliphatic rings. The predicted octanol–water partition coefficient (Wildman–Crippen LogP) is 2.72. The van der Waals surface area contributed by atoms with Crippen molar-refractivity contribution in [1.29, 1.82) is 5.26 Å². The van der Waals surface area contributed by atoms with E-state index in [9.17, 15) is 0 Å². The lowest BCUT2D eigenvalue weighted by molar-refractivity contribution is 1.12. The lowest BCUT2D eigenvalue weighted by Gasteiger charge is -2.02. The second-order valence-electron chi connectivity index (χ2n) is 3.80. The molecule has 3 aromatic rings. The summed E-state index contributed by atoms with van der Waals surface area (Å²) in [6.45, 7) is 1.90. The Morgan fingerprint density at radius 1 is 1.35 bits per heavy atom. The van der Waals surface area contributed by atoms with Crippen LogP contribution in [-0.4, -0.2) is 14.4 Å². The largest absolute Gasteiger partial charge is 0.274 e. The highest BCUT2D eigenvalue weighted by molar-refractivity contribution is 6.29. The van der Waals surface area contributed by atoms with E-state index in [-0.39, 0.29) is 0 Å². The van der Waals surface area contributed by atoms with E-state index in [0.29, 0.717) is 16.4 Å².